The zero-order valence-corrected chi connectivity index (χ0v) is 19.2. The summed E-state index contributed by atoms with van der Waals surface area (Å²) in [6.45, 7) is 1.99. The minimum Gasteiger partial charge on any atom is -0.349 e. The standard InChI is InChI=1S/C26H25ClN4O2/c1-3-6-24(32)17-9-11-20(27)19(14-17)16-10-12-21-18(13-16)15-28-26(30-21)31-23-8-5-7-22(23)29-25(33)4-2/h2,9-15,22-23H,3,5-8H2,1H3,(H,29,33)(H,28,30,31)/t22-,23+/m0/s1. The molecule has 0 spiro atoms. The van der Waals surface area contributed by atoms with Crippen molar-refractivity contribution in [1.82, 2.24) is 15.3 Å². The van der Waals surface area contributed by atoms with Crippen molar-refractivity contribution in [3.63, 3.8) is 0 Å². The summed E-state index contributed by atoms with van der Waals surface area (Å²) < 4.78 is 0. The largest absolute Gasteiger partial charge is 0.349 e. The molecule has 168 valence electrons. The number of amides is 1. The maximum atomic E-state index is 12.3. The number of hydrogen-bond acceptors (Lipinski definition) is 5. The lowest BCUT2D eigenvalue weighted by molar-refractivity contribution is -0.116. The fourth-order valence-corrected chi connectivity index (χ4v) is 4.47. The van der Waals surface area contributed by atoms with Crippen LogP contribution >= 0.6 is 11.6 Å². The van der Waals surface area contributed by atoms with E-state index in [1.54, 1.807) is 18.3 Å². The van der Waals surface area contributed by atoms with Gasteiger partial charge in [-0.1, -0.05) is 24.6 Å². The smallest absolute Gasteiger partial charge is 0.295 e. The number of anilines is 1. The number of nitrogens with zero attached hydrogens (tertiary/aromatic N) is 2. The van der Waals surface area contributed by atoms with Gasteiger partial charge in [-0.3, -0.25) is 9.59 Å². The molecule has 33 heavy (non-hydrogen) atoms. The number of nitrogens with one attached hydrogen (secondary N) is 2. The predicted octanol–water partition coefficient (Wildman–Crippen LogP) is 5.02. The lowest BCUT2D eigenvalue weighted by Gasteiger charge is -2.21. The summed E-state index contributed by atoms with van der Waals surface area (Å²) >= 11 is 6.45. The van der Waals surface area contributed by atoms with Gasteiger partial charge in [0.05, 0.1) is 5.52 Å². The topological polar surface area (TPSA) is 84.0 Å². The summed E-state index contributed by atoms with van der Waals surface area (Å²) in [5, 5.41) is 7.64. The van der Waals surface area contributed by atoms with Gasteiger partial charge >= 0.3 is 0 Å². The van der Waals surface area contributed by atoms with Gasteiger partial charge in [0.25, 0.3) is 5.91 Å². The Balaban J connectivity index is 1.56. The molecule has 4 rings (SSSR count). The molecule has 2 aromatic carbocycles. The van der Waals surface area contributed by atoms with E-state index >= 15 is 0 Å². The Labute approximate surface area is 198 Å². The number of ketones is 1. The van der Waals surface area contributed by atoms with Crippen molar-refractivity contribution in [3.8, 4) is 23.5 Å². The first-order valence-corrected chi connectivity index (χ1v) is 11.5. The predicted molar refractivity (Wildman–Crippen MR) is 131 cm³/mol. The van der Waals surface area contributed by atoms with E-state index in [0.29, 0.717) is 23.0 Å². The molecular formula is C26H25ClN4O2. The molecule has 3 aromatic rings. The molecule has 1 aliphatic rings. The van der Waals surface area contributed by atoms with Crippen LogP contribution in [-0.2, 0) is 4.79 Å². The highest BCUT2D eigenvalue weighted by atomic mass is 35.5. The first kappa shape index (κ1) is 22.8. The highest BCUT2D eigenvalue weighted by molar-refractivity contribution is 6.33. The van der Waals surface area contributed by atoms with Crippen molar-refractivity contribution in [3.05, 3.63) is 53.2 Å². The molecule has 2 N–H and O–H groups in total. The van der Waals surface area contributed by atoms with Crippen molar-refractivity contribution in [2.24, 2.45) is 0 Å². The second-order valence-corrected chi connectivity index (χ2v) is 8.65. The number of rotatable bonds is 7. The van der Waals surface area contributed by atoms with Crippen LogP contribution in [0.3, 0.4) is 0 Å². The maximum absolute atomic E-state index is 12.3. The molecule has 1 aliphatic carbocycles. The van der Waals surface area contributed by atoms with Crippen LogP contribution < -0.4 is 10.6 Å². The highest BCUT2D eigenvalue weighted by Crippen LogP contribution is 2.31. The van der Waals surface area contributed by atoms with Gasteiger partial charge in [-0.25, -0.2) is 9.97 Å². The average Bonchev–Trinajstić information content (AvgIpc) is 3.25. The fourth-order valence-electron chi connectivity index (χ4n) is 4.24. The lowest BCUT2D eigenvalue weighted by atomic mass is 9.99. The molecule has 6 nitrogen and oxygen atoms in total. The molecule has 1 amide bonds. The van der Waals surface area contributed by atoms with Gasteiger partial charge < -0.3 is 10.6 Å². The number of terminal acetylenes is 1. The van der Waals surface area contributed by atoms with Crippen LogP contribution in [0, 0.1) is 12.3 Å². The number of halogens is 1. The second-order valence-electron chi connectivity index (χ2n) is 8.24. The van der Waals surface area contributed by atoms with E-state index in [1.807, 2.05) is 31.2 Å². The number of fused-ring (bicyclic) bond motifs is 1. The molecule has 0 radical (unpaired) electrons. The Bertz CT molecular complexity index is 1250. The zero-order chi connectivity index (χ0) is 23.4. The average molecular weight is 461 g/mol. The van der Waals surface area contributed by atoms with Crippen molar-refractivity contribution in [1.29, 1.82) is 0 Å². The van der Waals surface area contributed by atoms with Crippen LogP contribution in [0.5, 0.6) is 0 Å². The Kier molecular flexibility index (Phi) is 6.90. The molecule has 1 heterocycles. The van der Waals surface area contributed by atoms with Crippen molar-refractivity contribution in [2.45, 2.75) is 51.1 Å². The van der Waals surface area contributed by atoms with Crippen LogP contribution in [0.1, 0.15) is 49.4 Å². The van der Waals surface area contributed by atoms with Gasteiger partial charge in [-0.2, -0.15) is 0 Å². The highest BCUT2D eigenvalue weighted by Gasteiger charge is 2.28. The van der Waals surface area contributed by atoms with Gasteiger partial charge in [0.2, 0.25) is 5.95 Å². The summed E-state index contributed by atoms with van der Waals surface area (Å²) in [4.78, 5) is 33.0. The van der Waals surface area contributed by atoms with Gasteiger partial charge in [0.1, 0.15) is 0 Å². The Hall–Kier alpha value is -3.43. The van der Waals surface area contributed by atoms with Gasteiger partial charge in [-0.05, 0) is 67.5 Å². The minimum absolute atomic E-state index is 0.0289. The summed E-state index contributed by atoms with van der Waals surface area (Å²) in [6, 6.07) is 11.2. The quantitative estimate of drug-likeness (QED) is 0.382. The molecule has 1 aromatic heterocycles. The zero-order valence-electron chi connectivity index (χ0n) is 18.4. The molecule has 2 atom stereocenters. The summed E-state index contributed by atoms with van der Waals surface area (Å²) in [5.41, 5.74) is 3.15. The van der Waals surface area contributed by atoms with Crippen LogP contribution in [0.2, 0.25) is 5.02 Å². The minimum atomic E-state index is -0.403. The van der Waals surface area contributed by atoms with Gasteiger partial charge in [0.15, 0.2) is 5.78 Å². The van der Waals surface area contributed by atoms with E-state index in [0.717, 1.165) is 47.7 Å². The third-order valence-electron chi connectivity index (χ3n) is 5.93. The molecule has 0 unspecified atom stereocenters. The number of hydrogen-bond donors (Lipinski definition) is 2. The molecule has 1 saturated carbocycles. The van der Waals surface area contributed by atoms with Crippen LogP contribution in [-0.4, -0.2) is 33.7 Å². The molecule has 7 heteroatoms. The van der Waals surface area contributed by atoms with E-state index in [2.05, 4.69) is 26.5 Å². The molecule has 0 saturated heterocycles. The second kappa shape index (κ2) is 10.0. The summed E-state index contributed by atoms with van der Waals surface area (Å²) in [7, 11) is 0. The third-order valence-corrected chi connectivity index (χ3v) is 6.26. The number of benzene rings is 2. The van der Waals surface area contributed by atoms with E-state index in [9.17, 15) is 9.59 Å². The Morgan fingerprint density at radius 2 is 2.00 bits per heavy atom. The van der Waals surface area contributed by atoms with Gasteiger partial charge in [-0.15, -0.1) is 6.42 Å². The van der Waals surface area contributed by atoms with Crippen LogP contribution in [0.25, 0.3) is 22.0 Å². The number of Topliss-reactive ketones (excluding diaryl/α,β-unsaturated/α-hetero) is 1. The van der Waals surface area contributed by atoms with Crippen molar-refractivity contribution >= 4 is 40.1 Å². The fraction of sp³-hybridized carbons (Fsp3) is 0.308. The number of carbonyl (C=O) groups excluding carboxylic acids is 2. The molecular weight excluding hydrogens is 436 g/mol. The van der Waals surface area contributed by atoms with E-state index < -0.39 is 5.91 Å². The maximum Gasteiger partial charge on any atom is 0.295 e. The number of aromatic nitrogens is 2. The van der Waals surface area contributed by atoms with E-state index in [4.69, 9.17) is 18.0 Å². The molecule has 0 aliphatic heterocycles. The van der Waals surface area contributed by atoms with Crippen molar-refractivity contribution in [2.75, 3.05) is 5.32 Å². The van der Waals surface area contributed by atoms with Crippen molar-refractivity contribution < 1.29 is 9.59 Å². The SMILES string of the molecule is C#CC(=O)N[C@H]1CCC[C@H]1Nc1ncc2cc(-c3cc(C(=O)CCC)ccc3Cl)ccc2n1. The summed E-state index contributed by atoms with van der Waals surface area (Å²) in [6.07, 6.45) is 11.0. The third kappa shape index (κ3) is 5.15. The Morgan fingerprint density at radius 3 is 2.79 bits per heavy atom. The lowest BCUT2D eigenvalue weighted by Crippen LogP contribution is -2.43. The van der Waals surface area contributed by atoms with Crippen LogP contribution in [0.4, 0.5) is 5.95 Å². The first-order chi connectivity index (χ1) is 16.0. The van der Waals surface area contributed by atoms with E-state index in [1.165, 1.54) is 0 Å². The monoisotopic (exact) mass is 460 g/mol. The first-order valence-electron chi connectivity index (χ1n) is 11.1. The van der Waals surface area contributed by atoms with E-state index in [-0.39, 0.29) is 17.9 Å². The molecule has 0 bridgehead atoms. The summed E-state index contributed by atoms with van der Waals surface area (Å²) in [5.74, 6) is 2.32. The molecule has 1 fully saturated rings. The van der Waals surface area contributed by atoms with Crippen LogP contribution in [0.15, 0.2) is 42.6 Å². The van der Waals surface area contributed by atoms with Gasteiger partial charge in [0, 0.05) is 46.2 Å². The normalized spacial score (nSPS) is 17.5. The Morgan fingerprint density at radius 1 is 1.18 bits per heavy atom. The number of carbonyl (C=O) groups is 2.